The highest BCUT2D eigenvalue weighted by Gasteiger charge is 2.14. The van der Waals surface area contributed by atoms with Crippen molar-refractivity contribution < 1.29 is 14.6 Å². The van der Waals surface area contributed by atoms with Gasteiger partial charge in [-0.25, -0.2) is 14.8 Å². The van der Waals surface area contributed by atoms with Crippen molar-refractivity contribution in [1.29, 1.82) is 0 Å². The zero-order chi connectivity index (χ0) is 12.3. The second-order valence-corrected chi connectivity index (χ2v) is 3.90. The summed E-state index contributed by atoms with van der Waals surface area (Å²) in [6.07, 6.45) is 2.95. The Morgan fingerprint density at radius 3 is 2.65 bits per heavy atom. The van der Waals surface area contributed by atoms with Crippen LogP contribution in [0.5, 0.6) is 11.6 Å². The summed E-state index contributed by atoms with van der Waals surface area (Å²) in [5.41, 5.74) is -0.148. The van der Waals surface area contributed by atoms with E-state index < -0.39 is 5.97 Å². The summed E-state index contributed by atoms with van der Waals surface area (Å²) in [5, 5.41) is 8.94. The van der Waals surface area contributed by atoms with E-state index in [1.165, 1.54) is 12.3 Å². The Kier molecular flexibility index (Phi) is 3.34. The van der Waals surface area contributed by atoms with Crippen LogP contribution in [0, 0.1) is 0 Å². The quantitative estimate of drug-likeness (QED) is 0.942. The van der Waals surface area contributed by atoms with Crippen LogP contribution in [0.2, 0.25) is 0 Å². The maximum Gasteiger partial charge on any atom is 0.358 e. The van der Waals surface area contributed by atoms with Crippen molar-refractivity contribution in [3.8, 4) is 11.6 Å². The van der Waals surface area contributed by atoms with E-state index in [0.29, 0.717) is 10.4 Å². The van der Waals surface area contributed by atoms with Crippen molar-refractivity contribution in [2.24, 2.45) is 0 Å². The van der Waals surface area contributed by atoms with Crippen molar-refractivity contribution in [3.63, 3.8) is 0 Å². The Balaban J connectivity index is 2.37. The molecule has 86 valence electrons. The van der Waals surface area contributed by atoms with Crippen LogP contribution in [0.25, 0.3) is 0 Å². The average Bonchev–Trinajstić information content (AvgIpc) is 2.32. The number of aromatic nitrogens is 2. The summed E-state index contributed by atoms with van der Waals surface area (Å²) in [7, 11) is 0. The molecule has 0 aliphatic heterocycles. The fourth-order valence-electron chi connectivity index (χ4n) is 1.18. The van der Waals surface area contributed by atoms with Gasteiger partial charge in [-0.15, -0.1) is 0 Å². The van der Waals surface area contributed by atoms with E-state index in [4.69, 9.17) is 9.84 Å². The van der Waals surface area contributed by atoms with E-state index in [1.54, 1.807) is 24.4 Å². The topological polar surface area (TPSA) is 72.3 Å². The number of carboxylic acid groups (broad SMARTS) is 1. The van der Waals surface area contributed by atoms with Gasteiger partial charge in [-0.2, -0.15) is 0 Å². The number of hydrogen-bond donors (Lipinski definition) is 1. The number of aromatic carboxylic acids is 1. The largest absolute Gasteiger partial charge is 0.476 e. The summed E-state index contributed by atoms with van der Waals surface area (Å²) in [6.45, 7) is 0. The summed E-state index contributed by atoms with van der Waals surface area (Å²) >= 11 is 3.26. The van der Waals surface area contributed by atoms with Gasteiger partial charge in [-0.3, -0.25) is 0 Å². The van der Waals surface area contributed by atoms with Crippen LogP contribution < -0.4 is 4.74 Å². The highest BCUT2D eigenvalue weighted by molar-refractivity contribution is 9.10. The zero-order valence-electron chi connectivity index (χ0n) is 8.50. The molecule has 0 saturated heterocycles. The Bertz CT molecular complexity index is 560. The van der Waals surface area contributed by atoms with Crippen molar-refractivity contribution >= 4 is 21.9 Å². The molecule has 0 aliphatic carbocycles. The van der Waals surface area contributed by atoms with Gasteiger partial charge in [0.15, 0.2) is 11.4 Å². The molecule has 2 aromatic heterocycles. The van der Waals surface area contributed by atoms with E-state index in [1.807, 2.05) is 0 Å². The Labute approximate surface area is 105 Å². The maximum absolute atomic E-state index is 10.9. The van der Waals surface area contributed by atoms with Crippen LogP contribution >= 0.6 is 15.9 Å². The molecule has 2 aromatic rings. The third kappa shape index (κ3) is 2.59. The first-order valence-electron chi connectivity index (χ1n) is 4.65. The number of hydrogen-bond acceptors (Lipinski definition) is 4. The highest BCUT2D eigenvalue weighted by atomic mass is 79.9. The zero-order valence-corrected chi connectivity index (χ0v) is 10.1. The molecule has 5 nitrogen and oxygen atoms in total. The Morgan fingerprint density at radius 1 is 1.24 bits per heavy atom. The van der Waals surface area contributed by atoms with Crippen LogP contribution in [0.3, 0.4) is 0 Å². The lowest BCUT2D eigenvalue weighted by atomic mass is 10.3. The third-order valence-corrected chi connectivity index (χ3v) is 2.51. The lowest BCUT2D eigenvalue weighted by molar-refractivity contribution is 0.0687. The Morgan fingerprint density at radius 2 is 1.94 bits per heavy atom. The van der Waals surface area contributed by atoms with Gasteiger partial charge in [0.25, 0.3) is 0 Å². The minimum Gasteiger partial charge on any atom is -0.476 e. The predicted octanol–water partition coefficient (Wildman–Crippen LogP) is 2.73. The number of rotatable bonds is 3. The normalized spacial score (nSPS) is 9.94. The molecule has 0 radical (unpaired) electrons. The molecule has 0 amide bonds. The van der Waals surface area contributed by atoms with Gasteiger partial charge in [0.05, 0.1) is 4.47 Å². The molecule has 0 saturated carbocycles. The van der Waals surface area contributed by atoms with Crippen LogP contribution in [0.1, 0.15) is 10.5 Å². The van der Waals surface area contributed by atoms with Crippen molar-refractivity contribution in [3.05, 3.63) is 46.8 Å². The van der Waals surface area contributed by atoms with Crippen molar-refractivity contribution in [2.75, 3.05) is 0 Å². The van der Waals surface area contributed by atoms with Gasteiger partial charge in [-0.1, -0.05) is 0 Å². The predicted molar refractivity (Wildman–Crippen MR) is 63.2 cm³/mol. The van der Waals surface area contributed by atoms with Gasteiger partial charge in [-0.05, 0) is 40.2 Å². The number of ether oxygens (including phenoxy) is 1. The third-order valence-electron chi connectivity index (χ3n) is 1.90. The number of nitrogens with zero attached hydrogens (tertiary/aromatic N) is 2. The minimum absolute atomic E-state index is 0.148. The molecule has 0 aromatic carbocycles. The molecule has 0 bridgehead atoms. The number of halogens is 1. The molecule has 0 atom stereocenters. The van der Waals surface area contributed by atoms with Crippen LogP contribution in [0.4, 0.5) is 0 Å². The lowest BCUT2D eigenvalue weighted by Gasteiger charge is -2.07. The molecule has 1 N–H and O–H groups in total. The highest BCUT2D eigenvalue weighted by Crippen LogP contribution is 2.28. The lowest BCUT2D eigenvalue weighted by Crippen LogP contribution is -2.03. The van der Waals surface area contributed by atoms with Crippen molar-refractivity contribution in [2.45, 2.75) is 0 Å². The van der Waals surface area contributed by atoms with E-state index >= 15 is 0 Å². The van der Waals surface area contributed by atoms with Crippen molar-refractivity contribution in [1.82, 2.24) is 9.97 Å². The van der Waals surface area contributed by atoms with Crippen LogP contribution in [0.15, 0.2) is 41.1 Å². The monoisotopic (exact) mass is 294 g/mol. The molecule has 0 spiro atoms. The van der Waals surface area contributed by atoms with Gasteiger partial charge < -0.3 is 9.84 Å². The fraction of sp³-hybridized carbons (Fsp3) is 0. The molecule has 17 heavy (non-hydrogen) atoms. The van der Waals surface area contributed by atoms with Crippen LogP contribution in [-0.4, -0.2) is 21.0 Å². The smallest absolute Gasteiger partial charge is 0.358 e. The molecule has 0 fully saturated rings. The molecule has 2 rings (SSSR count). The second-order valence-electron chi connectivity index (χ2n) is 3.05. The second kappa shape index (κ2) is 4.92. The van der Waals surface area contributed by atoms with Gasteiger partial charge in [0.1, 0.15) is 0 Å². The van der Waals surface area contributed by atoms with E-state index in [9.17, 15) is 4.79 Å². The first-order chi connectivity index (χ1) is 8.18. The van der Waals surface area contributed by atoms with E-state index in [-0.39, 0.29) is 11.4 Å². The SMILES string of the molecule is O=C(O)c1ncccc1Oc1ncccc1Br. The fourth-order valence-corrected chi connectivity index (χ4v) is 1.52. The standard InChI is InChI=1S/C11H7BrN2O3/c12-7-3-1-6-14-10(7)17-8-4-2-5-13-9(8)11(15)16/h1-6H,(H,15,16). The number of pyridine rings is 2. The molecule has 6 heteroatoms. The Hall–Kier alpha value is -1.95. The minimum atomic E-state index is -1.15. The molecule has 2 heterocycles. The molecule has 0 unspecified atom stereocenters. The summed E-state index contributed by atoms with van der Waals surface area (Å²) in [5.74, 6) is -0.699. The average molecular weight is 295 g/mol. The molecule has 0 aliphatic rings. The van der Waals surface area contributed by atoms with E-state index in [2.05, 4.69) is 25.9 Å². The van der Waals surface area contributed by atoms with Gasteiger partial charge >= 0.3 is 5.97 Å². The van der Waals surface area contributed by atoms with Crippen LogP contribution in [-0.2, 0) is 0 Å². The van der Waals surface area contributed by atoms with E-state index in [0.717, 1.165) is 0 Å². The van der Waals surface area contributed by atoms with Gasteiger partial charge in [0.2, 0.25) is 5.88 Å². The summed E-state index contributed by atoms with van der Waals surface area (Å²) < 4.78 is 6.04. The van der Waals surface area contributed by atoms with Gasteiger partial charge in [0, 0.05) is 12.4 Å². The molecular formula is C11H7BrN2O3. The summed E-state index contributed by atoms with van der Waals surface area (Å²) in [6, 6.07) is 6.60. The number of carboxylic acids is 1. The molecular weight excluding hydrogens is 288 g/mol. The summed E-state index contributed by atoms with van der Waals surface area (Å²) in [4.78, 5) is 18.6. The first kappa shape index (κ1) is 11.5. The number of carbonyl (C=O) groups is 1. The maximum atomic E-state index is 10.9. The first-order valence-corrected chi connectivity index (χ1v) is 5.44.